The molecule has 7 nitrogen and oxygen atoms in total. The van der Waals surface area contributed by atoms with Crippen LogP contribution in [0.5, 0.6) is 17.2 Å². The van der Waals surface area contributed by atoms with Crippen molar-refractivity contribution in [2.24, 2.45) is 4.99 Å². The van der Waals surface area contributed by atoms with E-state index in [9.17, 15) is 9.59 Å². The molecule has 1 aliphatic rings. The van der Waals surface area contributed by atoms with Gasteiger partial charge in [0.1, 0.15) is 23.9 Å². The third kappa shape index (κ3) is 5.46. The molecule has 0 aliphatic carbocycles. The number of aromatic nitrogens is 1. The smallest absolute Gasteiger partial charge is 0.338 e. The van der Waals surface area contributed by atoms with Gasteiger partial charge in [0, 0.05) is 0 Å². The van der Waals surface area contributed by atoms with Crippen LogP contribution in [-0.4, -0.2) is 24.3 Å². The summed E-state index contributed by atoms with van der Waals surface area (Å²) in [7, 11) is 1.58. The quantitative estimate of drug-likeness (QED) is 0.239. The zero-order valence-corrected chi connectivity index (χ0v) is 22.3. The zero-order valence-electron chi connectivity index (χ0n) is 21.5. The lowest BCUT2D eigenvalue weighted by atomic mass is 9.96. The molecule has 3 aromatic carbocycles. The number of carbonyl (C=O) groups excluding carboxylic acids is 1. The number of ether oxygens (including phenoxy) is 3. The van der Waals surface area contributed by atoms with Crippen LogP contribution in [0.3, 0.4) is 0 Å². The normalized spacial score (nSPS) is 14.8. The SMILES string of the molecule is C=CCOC(=O)C1=C(C)N=c2s/c(=C/c3cccc(Oc4ccccc4)c3)c(=O)n2[C@H]1c1ccc(OC)cc1. The molecule has 1 atom stereocenters. The van der Waals surface area contributed by atoms with Gasteiger partial charge in [0.25, 0.3) is 5.56 Å². The van der Waals surface area contributed by atoms with Gasteiger partial charge >= 0.3 is 5.97 Å². The molecule has 0 spiro atoms. The van der Waals surface area contributed by atoms with Gasteiger partial charge in [-0.3, -0.25) is 9.36 Å². The van der Waals surface area contributed by atoms with Crippen LogP contribution in [0.15, 0.2) is 113 Å². The van der Waals surface area contributed by atoms with E-state index in [0.29, 0.717) is 32.1 Å². The number of para-hydroxylation sites is 1. The largest absolute Gasteiger partial charge is 0.497 e. The number of methoxy groups -OCH3 is 1. The molecule has 0 bridgehead atoms. The first-order chi connectivity index (χ1) is 19.0. The molecule has 0 fully saturated rings. The predicted molar refractivity (Wildman–Crippen MR) is 151 cm³/mol. The molecule has 5 rings (SSSR count). The van der Waals surface area contributed by atoms with Gasteiger partial charge < -0.3 is 14.2 Å². The van der Waals surface area contributed by atoms with Crippen molar-refractivity contribution in [1.29, 1.82) is 0 Å². The Bertz CT molecular complexity index is 1730. The van der Waals surface area contributed by atoms with E-state index in [1.807, 2.05) is 72.8 Å². The summed E-state index contributed by atoms with van der Waals surface area (Å²) in [5, 5.41) is 0. The van der Waals surface area contributed by atoms with Gasteiger partial charge in [-0.2, -0.15) is 0 Å². The van der Waals surface area contributed by atoms with Crippen LogP contribution in [-0.2, 0) is 9.53 Å². The fraction of sp³-hybridized carbons (Fsp3) is 0.129. The van der Waals surface area contributed by atoms with Crippen LogP contribution in [0.25, 0.3) is 6.08 Å². The van der Waals surface area contributed by atoms with Crippen molar-refractivity contribution in [3.05, 3.63) is 134 Å². The summed E-state index contributed by atoms with van der Waals surface area (Å²) in [4.78, 5) is 32.1. The van der Waals surface area contributed by atoms with Gasteiger partial charge in [0.2, 0.25) is 0 Å². The average molecular weight is 539 g/mol. The van der Waals surface area contributed by atoms with Crippen LogP contribution in [0.4, 0.5) is 0 Å². The molecule has 0 radical (unpaired) electrons. The molecular formula is C31H26N2O5S. The molecule has 1 aliphatic heterocycles. The first-order valence-corrected chi connectivity index (χ1v) is 13.1. The van der Waals surface area contributed by atoms with E-state index in [2.05, 4.69) is 11.6 Å². The first-order valence-electron chi connectivity index (χ1n) is 12.3. The fourth-order valence-electron chi connectivity index (χ4n) is 4.34. The maximum absolute atomic E-state index is 13.8. The summed E-state index contributed by atoms with van der Waals surface area (Å²) >= 11 is 1.27. The topological polar surface area (TPSA) is 79.1 Å². The second kappa shape index (κ2) is 11.4. The van der Waals surface area contributed by atoms with Gasteiger partial charge in [0.05, 0.1) is 29.0 Å². The van der Waals surface area contributed by atoms with Crippen molar-refractivity contribution in [3.8, 4) is 17.2 Å². The Morgan fingerprint density at radius 3 is 2.49 bits per heavy atom. The number of rotatable bonds is 8. The minimum Gasteiger partial charge on any atom is -0.497 e. The number of hydrogen-bond donors (Lipinski definition) is 0. The Morgan fingerprint density at radius 2 is 1.77 bits per heavy atom. The molecule has 2 heterocycles. The van der Waals surface area contributed by atoms with Crippen molar-refractivity contribution in [3.63, 3.8) is 0 Å². The summed E-state index contributed by atoms with van der Waals surface area (Å²) in [6.07, 6.45) is 3.31. The van der Waals surface area contributed by atoms with Crippen molar-refractivity contribution in [1.82, 2.24) is 4.57 Å². The van der Waals surface area contributed by atoms with Gasteiger partial charge in [-0.25, -0.2) is 9.79 Å². The molecule has 0 saturated heterocycles. The number of hydrogen-bond acceptors (Lipinski definition) is 7. The Morgan fingerprint density at radius 1 is 1.03 bits per heavy atom. The zero-order chi connectivity index (χ0) is 27.4. The maximum Gasteiger partial charge on any atom is 0.338 e. The highest BCUT2D eigenvalue weighted by atomic mass is 32.1. The molecule has 0 N–H and O–H groups in total. The predicted octanol–water partition coefficient (Wildman–Crippen LogP) is 4.77. The number of thiazole rings is 1. The Kier molecular flexibility index (Phi) is 7.56. The van der Waals surface area contributed by atoms with Gasteiger partial charge in [-0.1, -0.05) is 66.5 Å². The monoisotopic (exact) mass is 538 g/mol. The summed E-state index contributed by atoms with van der Waals surface area (Å²) in [6.45, 7) is 5.42. The van der Waals surface area contributed by atoms with Crippen LogP contribution in [0.1, 0.15) is 24.1 Å². The van der Waals surface area contributed by atoms with Crippen molar-refractivity contribution < 1.29 is 19.0 Å². The molecule has 4 aromatic rings. The van der Waals surface area contributed by atoms with E-state index in [0.717, 1.165) is 16.9 Å². The van der Waals surface area contributed by atoms with E-state index in [4.69, 9.17) is 14.2 Å². The summed E-state index contributed by atoms with van der Waals surface area (Å²) in [5.74, 6) is 1.50. The second-order valence-corrected chi connectivity index (χ2v) is 9.74. The average Bonchev–Trinajstić information content (AvgIpc) is 3.25. The molecule has 196 valence electrons. The lowest BCUT2D eigenvalue weighted by Gasteiger charge is -2.24. The number of carbonyl (C=O) groups is 1. The minimum atomic E-state index is -0.709. The minimum absolute atomic E-state index is 0.0523. The van der Waals surface area contributed by atoms with Crippen LogP contribution >= 0.6 is 11.3 Å². The molecule has 1 aromatic heterocycles. The first kappa shape index (κ1) is 25.9. The van der Waals surface area contributed by atoms with Gasteiger partial charge in [-0.15, -0.1) is 0 Å². The molecule has 39 heavy (non-hydrogen) atoms. The van der Waals surface area contributed by atoms with E-state index >= 15 is 0 Å². The lowest BCUT2D eigenvalue weighted by molar-refractivity contribution is -0.138. The Labute approximate surface area is 229 Å². The van der Waals surface area contributed by atoms with Crippen molar-refractivity contribution >= 4 is 23.4 Å². The highest BCUT2D eigenvalue weighted by molar-refractivity contribution is 7.07. The maximum atomic E-state index is 13.8. The van der Waals surface area contributed by atoms with Crippen LogP contribution in [0.2, 0.25) is 0 Å². The van der Waals surface area contributed by atoms with Crippen LogP contribution in [0, 0.1) is 0 Å². The summed E-state index contributed by atoms with van der Waals surface area (Å²) in [6, 6.07) is 23.6. The molecule has 0 unspecified atom stereocenters. The highest BCUT2D eigenvalue weighted by Gasteiger charge is 2.33. The number of fused-ring (bicyclic) bond motifs is 1. The van der Waals surface area contributed by atoms with Crippen molar-refractivity contribution in [2.75, 3.05) is 13.7 Å². The third-order valence-electron chi connectivity index (χ3n) is 6.14. The van der Waals surface area contributed by atoms with E-state index in [1.165, 1.54) is 17.4 Å². The lowest BCUT2D eigenvalue weighted by Crippen LogP contribution is -2.39. The van der Waals surface area contributed by atoms with Gasteiger partial charge in [0.15, 0.2) is 4.80 Å². The van der Waals surface area contributed by atoms with Gasteiger partial charge in [-0.05, 0) is 60.5 Å². The number of allylic oxidation sites excluding steroid dienone is 1. The third-order valence-corrected chi connectivity index (χ3v) is 7.12. The fourth-order valence-corrected chi connectivity index (χ4v) is 5.39. The van der Waals surface area contributed by atoms with E-state index in [-0.39, 0.29) is 12.2 Å². The van der Waals surface area contributed by atoms with E-state index < -0.39 is 12.0 Å². The molecule has 0 saturated carbocycles. The van der Waals surface area contributed by atoms with Crippen LogP contribution < -0.4 is 24.4 Å². The standard InChI is InChI=1S/C31H26N2O5S/c1-4-17-37-30(35)27-20(2)32-31-33(28(27)22-13-15-23(36-3)16-14-22)29(34)26(39-31)19-21-9-8-12-25(18-21)38-24-10-6-5-7-11-24/h4-16,18-19,28H,1,17H2,2-3H3/b26-19+/t28-/m0/s1. The summed E-state index contributed by atoms with van der Waals surface area (Å²) in [5.41, 5.74) is 2.09. The second-order valence-electron chi connectivity index (χ2n) is 8.73. The number of esters is 1. The number of benzene rings is 3. The highest BCUT2D eigenvalue weighted by Crippen LogP contribution is 2.31. The van der Waals surface area contributed by atoms with Crippen molar-refractivity contribution in [2.45, 2.75) is 13.0 Å². The summed E-state index contributed by atoms with van der Waals surface area (Å²) < 4.78 is 18.7. The Hall–Kier alpha value is -4.69. The molecule has 8 heteroatoms. The molecule has 0 amide bonds. The number of nitrogens with zero attached hydrogens (tertiary/aromatic N) is 2. The van der Waals surface area contributed by atoms with E-state index in [1.54, 1.807) is 30.7 Å². The molecular weight excluding hydrogens is 512 g/mol. The Balaban J connectivity index is 1.60.